The quantitative estimate of drug-likeness (QED) is 0.707. The summed E-state index contributed by atoms with van der Waals surface area (Å²) in [6.45, 7) is 0. The van der Waals surface area contributed by atoms with Crippen molar-refractivity contribution >= 4 is 11.6 Å². The van der Waals surface area contributed by atoms with E-state index in [0.29, 0.717) is 17.7 Å². The number of rotatable bonds is 2. The van der Waals surface area contributed by atoms with Crippen LogP contribution in [-0.2, 0) is 10.4 Å². The van der Waals surface area contributed by atoms with Gasteiger partial charge < -0.3 is 10.4 Å². The van der Waals surface area contributed by atoms with Crippen LogP contribution in [0.15, 0.2) is 24.3 Å². The second-order valence-corrected chi connectivity index (χ2v) is 3.56. The Morgan fingerprint density at radius 1 is 1.47 bits per heavy atom. The summed E-state index contributed by atoms with van der Waals surface area (Å²) >= 11 is 0. The molecule has 1 amide bonds. The van der Waals surface area contributed by atoms with Crippen molar-refractivity contribution in [2.24, 2.45) is 0 Å². The highest BCUT2D eigenvalue weighted by atomic mass is 16.3. The van der Waals surface area contributed by atoms with Crippen LogP contribution in [0.3, 0.4) is 0 Å². The van der Waals surface area contributed by atoms with Crippen LogP contribution in [0.25, 0.3) is 0 Å². The van der Waals surface area contributed by atoms with E-state index in [4.69, 9.17) is 6.42 Å². The lowest BCUT2D eigenvalue weighted by molar-refractivity contribution is -0.134. The molecule has 0 aliphatic carbocycles. The number of nitrogens with one attached hydrogen (secondary N) is 1. The van der Waals surface area contributed by atoms with Gasteiger partial charge >= 0.3 is 0 Å². The van der Waals surface area contributed by atoms with Crippen molar-refractivity contribution in [3.63, 3.8) is 0 Å². The molecule has 0 saturated heterocycles. The molecular weight excluding hydrogens is 190 g/mol. The molecule has 3 nitrogen and oxygen atoms in total. The first-order valence-electron chi connectivity index (χ1n) is 4.75. The molecule has 1 aliphatic heterocycles. The molecule has 3 heteroatoms. The van der Waals surface area contributed by atoms with Gasteiger partial charge in [0.2, 0.25) is 0 Å². The van der Waals surface area contributed by atoms with E-state index in [2.05, 4.69) is 11.2 Å². The minimum absolute atomic E-state index is 0.256. The maximum absolute atomic E-state index is 11.6. The van der Waals surface area contributed by atoms with E-state index in [1.807, 2.05) is 6.07 Å². The van der Waals surface area contributed by atoms with Gasteiger partial charge in [-0.25, -0.2) is 0 Å². The van der Waals surface area contributed by atoms with E-state index in [1.54, 1.807) is 18.2 Å². The molecule has 15 heavy (non-hydrogen) atoms. The van der Waals surface area contributed by atoms with Gasteiger partial charge in [0.15, 0.2) is 5.60 Å². The minimum atomic E-state index is -1.46. The maximum Gasteiger partial charge on any atom is 0.261 e. The number of benzene rings is 1. The van der Waals surface area contributed by atoms with Crippen LogP contribution in [0, 0.1) is 12.3 Å². The topological polar surface area (TPSA) is 49.3 Å². The summed E-state index contributed by atoms with van der Waals surface area (Å²) in [5.41, 5.74) is -0.171. The van der Waals surface area contributed by atoms with Crippen molar-refractivity contribution < 1.29 is 9.90 Å². The van der Waals surface area contributed by atoms with Crippen LogP contribution in [0.1, 0.15) is 18.4 Å². The molecule has 2 rings (SSSR count). The molecule has 76 valence electrons. The smallest absolute Gasteiger partial charge is 0.261 e. The normalized spacial score (nSPS) is 23.1. The Hall–Kier alpha value is -1.79. The van der Waals surface area contributed by atoms with Gasteiger partial charge in [-0.1, -0.05) is 18.2 Å². The highest BCUT2D eigenvalue weighted by Gasteiger charge is 2.44. The van der Waals surface area contributed by atoms with Crippen LogP contribution in [-0.4, -0.2) is 11.0 Å². The van der Waals surface area contributed by atoms with E-state index >= 15 is 0 Å². The monoisotopic (exact) mass is 201 g/mol. The Morgan fingerprint density at radius 2 is 2.20 bits per heavy atom. The van der Waals surface area contributed by atoms with Crippen molar-refractivity contribution in [3.8, 4) is 12.3 Å². The zero-order valence-corrected chi connectivity index (χ0v) is 8.16. The maximum atomic E-state index is 11.6. The van der Waals surface area contributed by atoms with Gasteiger partial charge in [0.1, 0.15) is 0 Å². The number of hydrogen-bond donors (Lipinski definition) is 2. The zero-order chi connectivity index (χ0) is 10.9. The summed E-state index contributed by atoms with van der Waals surface area (Å²) < 4.78 is 0. The van der Waals surface area contributed by atoms with Crippen molar-refractivity contribution in [1.29, 1.82) is 0 Å². The standard InChI is InChI=1S/C12H11NO2/c1-2-3-8-12(15)9-6-4-5-7-10(9)13-11(12)14/h1,4-7,15H,3,8H2,(H,13,14). The van der Waals surface area contributed by atoms with Crippen LogP contribution >= 0.6 is 0 Å². The summed E-state index contributed by atoms with van der Waals surface area (Å²) in [7, 11) is 0. The van der Waals surface area contributed by atoms with Crippen molar-refractivity contribution in [2.75, 3.05) is 5.32 Å². The number of terminal acetylenes is 1. The summed E-state index contributed by atoms with van der Waals surface area (Å²) in [6, 6.07) is 7.11. The van der Waals surface area contributed by atoms with Gasteiger partial charge in [-0.05, 0) is 6.07 Å². The van der Waals surface area contributed by atoms with Crippen LogP contribution in [0.5, 0.6) is 0 Å². The van der Waals surface area contributed by atoms with Gasteiger partial charge in [-0.15, -0.1) is 12.3 Å². The largest absolute Gasteiger partial charge is 0.375 e. The lowest BCUT2D eigenvalue weighted by Gasteiger charge is -2.19. The molecule has 1 atom stereocenters. The number of carbonyl (C=O) groups excluding carboxylic acids is 1. The molecule has 1 heterocycles. The summed E-state index contributed by atoms with van der Waals surface area (Å²) in [6.07, 6.45) is 5.77. The molecule has 1 unspecified atom stereocenters. The first kappa shape index (κ1) is 9.75. The van der Waals surface area contributed by atoms with Crippen LogP contribution in [0.4, 0.5) is 5.69 Å². The first-order chi connectivity index (χ1) is 7.18. The van der Waals surface area contributed by atoms with Crippen LogP contribution in [0.2, 0.25) is 0 Å². The molecule has 0 bridgehead atoms. The fourth-order valence-corrected chi connectivity index (χ4v) is 1.80. The number of aliphatic hydroxyl groups is 1. The number of fused-ring (bicyclic) bond motifs is 1. The minimum Gasteiger partial charge on any atom is -0.375 e. The summed E-state index contributed by atoms with van der Waals surface area (Å²) in [5, 5.41) is 12.9. The van der Waals surface area contributed by atoms with E-state index in [0.717, 1.165) is 0 Å². The number of hydrogen-bond acceptors (Lipinski definition) is 2. The highest BCUT2D eigenvalue weighted by molar-refractivity contribution is 6.04. The molecule has 0 radical (unpaired) electrons. The molecule has 0 fully saturated rings. The van der Waals surface area contributed by atoms with Gasteiger partial charge in [0, 0.05) is 24.1 Å². The predicted octanol–water partition coefficient (Wildman–Crippen LogP) is 1.24. The summed E-state index contributed by atoms with van der Waals surface area (Å²) in [5.74, 6) is 2.04. The fourth-order valence-electron chi connectivity index (χ4n) is 1.80. The molecule has 0 aromatic heterocycles. The lowest BCUT2D eigenvalue weighted by atomic mass is 9.91. The molecule has 0 spiro atoms. The van der Waals surface area contributed by atoms with Crippen molar-refractivity contribution in [2.45, 2.75) is 18.4 Å². The number of amides is 1. The molecule has 0 saturated carbocycles. The molecule has 1 aliphatic rings. The number of para-hydroxylation sites is 1. The average Bonchev–Trinajstić information content (AvgIpc) is 2.50. The second kappa shape index (κ2) is 3.41. The molecule has 2 N–H and O–H groups in total. The van der Waals surface area contributed by atoms with Crippen LogP contribution < -0.4 is 5.32 Å². The van der Waals surface area contributed by atoms with Gasteiger partial charge in [0.05, 0.1) is 0 Å². The number of anilines is 1. The second-order valence-electron chi connectivity index (χ2n) is 3.56. The fraction of sp³-hybridized carbons (Fsp3) is 0.250. The zero-order valence-electron chi connectivity index (χ0n) is 8.16. The Kier molecular flexibility index (Phi) is 2.22. The molecule has 1 aromatic carbocycles. The average molecular weight is 201 g/mol. The highest BCUT2D eigenvalue weighted by Crippen LogP contribution is 2.38. The Morgan fingerprint density at radius 3 is 2.93 bits per heavy atom. The Bertz CT molecular complexity index is 447. The van der Waals surface area contributed by atoms with Crippen molar-refractivity contribution in [3.05, 3.63) is 29.8 Å². The predicted molar refractivity (Wildman–Crippen MR) is 57.0 cm³/mol. The molecular formula is C12H11NO2. The lowest BCUT2D eigenvalue weighted by Crippen LogP contribution is -2.33. The molecule has 1 aromatic rings. The van der Waals surface area contributed by atoms with Gasteiger partial charge in [-0.3, -0.25) is 4.79 Å². The van der Waals surface area contributed by atoms with E-state index in [9.17, 15) is 9.90 Å². The number of carbonyl (C=O) groups is 1. The van der Waals surface area contributed by atoms with Gasteiger partial charge in [0.25, 0.3) is 5.91 Å². The summed E-state index contributed by atoms with van der Waals surface area (Å²) in [4.78, 5) is 11.6. The van der Waals surface area contributed by atoms with E-state index < -0.39 is 5.60 Å². The van der Waals surface area contributed by atoms with Gasteiger partial charge in [-0.2, -0.15) is 0 Å². The Balaban J connectivity index is 2.41. The third-order valence-corrected chi connectivity index (χ3v) is 2.63. The van der Waals surface area contributed by atoms with Crippen molar-refractivity contribution in [1.82, 2.24) is 0 Å². The third-order valence-electron chi connectivity index (χ3n) is 2.63. The first-order valence-corrected chi connectivity index (χ1v) is 4.75. The Labute approximate surface area is 88.1 Å². The van der Waals surface area contributed by atoms with E-state index in [-0.39, 0.29) is 12.3 Å². The SMILES string of the molecule is C#CCCC1(O)C(=O)Nc2ccccc21. The van der Waals surface area contributed by atoms with E-state index in [1.165, 1.54) is 0 Å². The third kappa shape index (κ3) is 1.39.